The Bertz CT molecular complexity index is 1370. The average molecular weight is 599 g/mol. The molecule has 1 aliphatic heterocycles. The summed E-state index contributed by atoms with van der Waals surface area (Å²) in [7, 11) is -3.42. The molecule has 224 valence electrons. The van der Waals surface area contributed by atoms with Crippen molar-refractivity contribution in [3.05, 3.63) is 112 Å². The van der Waals surface area contributed by atoms with Gasteiger partial charge in [0, 0.05) is 13.3 Å². The van der Waals surface area contributed by atoms with Gasteiger partial charge in [0.1, 0.15) is 11.2 Å². The number of rotatable bonds is 8. The van der Waals surface area contributed by atoms with E-state index in [1.165, 1.54) is 33.1 Å². The molecule has 3 aromatic rings. The first kappa shape index (κ1) is 32.4. The van der Waals surface area contributed by atoms with Crippen LogP contribution in [-0.2, 0) is 9.71 Å². The van der Waals surface area contributed by atoms with Crippen LogP contribution in [0.25, 0.3) is 0 Å². The molecular formula is C37H51N2OPSi. The normalized spacial score (nSPS) is 18.3. The maximum absolute atomic E-state index is 7.67. The van der Waals surface area contributed by atoms with E-state index in [0.29, 0.717) is 16.6 Å². The van der Waals surface area contributed by atoms with Crippen LogP contribution in [-0.4, -0.2) is 8.32 Å². The van der Waals surface area contributed by atoms with E-state index in [2.05, 4.69) is 156 Å². The third-order valence-corrected chi connectivity index (χ3v) is 18.0. The van der Waals surface area contributed by atoms with Gasteiger partial charge >= 0.3 is 0 Å². The SMILES string of the molecule is Cc1cc(C)c(P2/C(=C(/O[Si](C(C)C)(C(C)C)C(C)C)C(C)(C)C)N=NC2(c2ccccc2)c2ccccc2)c(C)c1. The zero-order valence-electron chi connectivity index (χ0n) is 27.9. The number of hydrogen-bond donors (Lipinski definition) is 0. The second-order valence-corrected chi connectivity index (χ2v) is 21.6. The van der Waals surface area contributed by atoms with Gasteiger partial charge in [-0.1, -0.05) is 141 Å². The predicted molar refractivity (Wildman–Crippen MR) is 184 cm³/mol. The van der Waals surface area contributed by atoms with Gasteiger partial charge in [-0.15, -0.1) is 0 Å². The number of hydrogen-bond acceptors (Lipinski definition) is 3. The summed E-state index contributed by atoms with van der Waals surface area (Å²) in [5.74, 6) is 1.04. The zero-order valence-corrected chi connectivity index (χ0v) is 29.8. The lowest BCUT2D eigenvalue weighted by Gasteiger charge is -2.46. The van der Waals surface area contributed by atoms with Crippen molar-refractivity contribution >= 4 is 21.5 Å². The van der Waals surface area contributed by atoms with E-state index in [1.807, 2.05) is 0 Å². The molecule has 0 amide bonds. The number of allylic oxidation sites excluding steroid dienone is 1. The highest BCUT2D eigenvalue weighted by molar-refractivity contribution is 7.71. The highest BCUT2D eigenvalue weighted by atomic mass is 31.1. The molecule has 42 heavy (non-hydrogen) atoms. The Kier molecular flexibility index (Phi) is 9.41. The van der Waals surface area contributed by atoms with Crippen LogP contribution in [0.2, 0.25) is 16.6 Å². The molecule has 1 atom stereocenters. The van der Waals surface area contributed by atoms with Crippen molar-refractivity contribution in [2.45, 2.75) is 105 Å². The zero-order chi connectivity index (χ0) is 31.0. The third kappa shape index (κ3) is 5.58. The Labute approximate surface area is 257 Å². The molecule has 0 aromatic heterocycles. The minimum Gasteiger partial charge on any atom is -0.544 e. The van der Waals surface area contributed by atoms with Gasteiger partial charge in [0.25, 0.3) is 8.32 Å². The van der Waals surface area contributed by atoms with Crippen molar-refractivity contribution in [2.24, 2.45) is 15.6 Å². The molecule has 1 heterocycles. The van der Waals surface area contributed by atoms with Gasteiger partial charge in [-0.05, 0) is 65.0 Å². The van der Waals surface area contributed by atoms with E-state index in [0.717, 1.165) is 11.2 Å². The number of aryl methyl sites for hydroxylation is 3. The average Bonchev–Trinajstić information content (AvgIpc) is 3.28. The molecule has 5 heteroatoms. The Hall–Kier alpha value is -2.55. The fourth-order valence-corrected chi connectivity index (χ4v) is 16.1. The van der Waals surface area contributed by atoms with Gasteiger partial charge in [0.05, 0.1) is 0 Å². The second-order valence-electron chi connectivity index (χ2n) is 14.0. The van der Waals surface area contributed by atoms with E-state index >= 15 is 0 Å². The molecule has 0 aliphatic carbocycles. The molecule has 4 rings (SSSR count). The monoisotopic (exact) mass is 598 g/mol. The smallest absolute Gasteiger partial charge is 0.258 e. The van der Waals surface area contributed by atoms with Crippen LogP contribution >= 0.6 is 7.92 Å². The summed E-state index contributed by atoms with van der Waals surface area (Å²) >= 11 is 0. The molecule has 0 N–H and O–H groups in total. The summed E-state index contributed by atoms with van der Waals surface area (Å²) in [6.07, 6.45) is 0. The van der Waals surface area contributed by atoms with Crippen LogP contribution in [0.1, 0.15) is 90.1 Å². The third-order valence-electron chi connectivity index (χ3n) is 8.91. The van der Waals surface area contributed by atoms with Crippen LogP contribution in [0.5, 0.6) is 0 Å². The minimum atomic E-state index is -2.29. The molecule has 3 nitrogen and oxygen atoms in total. The van der Waals surface area contributed by atoms with Gasteiger partial charge in [-0.25, -0.2) is 0 Å². The van der Waals surface area contributed by atoms with Crippen molar-refractivity contribution in [1.29, 1.82) is 0 Å². The van der Waals surface area contributed by atoms with Crippen molar-refractivity contribution in [3.63, 3.8) is 0 Å². The minimum absolute atomic E-state index is 0.248. The van der Waals surface area contributed by atoms with Gasteiger partial charge in [0.2, 0.25) is 0 Å². The molecule has 1 aliphatic rings. The van der Waals surface area contributed by atoms with Crippen LogP contribution in [0.4, 0.5) is 0 Å². The predicted octanol–water partition coefficient (Wildman–Crippen LogP) is 11.5. The van der Waals surface area contributed by atoms with Gasteiger partial charge < -0.3 is 4.43 Å². The standard InChI is InChI=1S/C37H51N2OPSi/c1-25(2)42(26(3)4,27(5)6)40-34(36(10,11)12)35-38-39-37(31-19-15-13-16-20-31,32-21-17-14-18-22-32)41(35)33-29(8)23-28(7)24-30(33)9/h13-27H,1-12H3/b35-34+. The van der Waals surface area contributed by atoms with Gasteiger partial charge in [-0.3, -0.25) is 0 Å². The molecule has 0 saturated heterocycles. The second kappa shape index (κ2) is 12.2. The molecule has 0 saturated carbocycles. The summed E-state index contributed by atoms with van der Waals surface area (Å²) in [6.45, 7) is 27.8. The maximum Gasteiger partial charge on any atom is 0.258 e. The summed E-state index contributed by atoms with van der Waals surface area (Å²) in [6, 6.07) is 26.3. The largest absolute Gasteiger partial charge is 0.544 e. The summed E-state index contributed by atoms with van der Waals surface area (Å²) in [5.41, 5.74) is 8.39. The Morgan fingerprint density at radius 2 is 1.17 bits per heavy atom. The summed E-state index contributed by atoms with van der Waals surface area (Å²) < 4.78 is 7.67. The van der Waals surface area contributed by atoms with Crippen molar-refractivity contribution in [1.82, 2.24) is 0 Å². The lowest BCUT2D eigenvalue weighted by atomic mass is 9.94. The Morgan fingerprint density at radius 3 is 1.55 bits per heavy atom. The first-order chi connectivity index (χ1) is 19.7. The fraction of sp³-hybridized carbons (Fsp3) is 0.459. The summed E-state index contributed by atoms with van der Waals surface area (Å²) in [5, 5.41) is 11.3. The Morgan fingerprint density at radius 1 is 0.738 bits per heavy atom. The van der Waals surface area contributed by atoms with Crippen LogP contribution in [0, 0.1) is 26.2 Å². The quantitative estimate of drug-likeness (QED) is 0.144. The van der Waals surface area contributed by atoms with Gasteiger partial charge in [-0.2, -0.15) is 10.2 Å². The van der Waals surface area contributed by atoms with E-state index in [4.69, 9.17) is 14.7 Å². The molecule has 0 bridgehead atoms. The van der Waals surface area contributed by atoms with Crippen molar-refractivity contribution in [3.8, 4) is 0 Å². The first-order valence-electron chi connectivity index (χ1n) is 15.5. The topological polar surface area (TPSA) is 34.0 Å². The maximum atomic E-state index is 7.67. The van der Waals surface area contributed by atoms with Crippen molar-refractivity contribution in [2.75, 3.05) is 0 Å². The van der Waals surface area contributed by atoms with Gasteiger partial charge in [0.15, 0.2) is 5.28 Å². The van der Waals surface area contributed by atoms with Crippen molar-refractivity contribution < 1.29 is 4.43 Å². The summed E-state index contributed by atoms with van der Waals surface area (Å²) in [4.78, 5) is 0. The van der Waals surface area contributed by atoms with Crippen LogP contribution in [0.15, 0.2) is 94.2 Å². The van der Waals surface area contributed by atoms with E-state index in [-0.39, 0.29) is 5.41 Å². The van der Waals surface area contributed by atoms with Crippen LogP contribution < -0.4 is 5.30 Å². The molecule has 1 unspecified atom stereocenters. The lowest BCUT2D eigenvalue weighted by molar-refractivity contribution is 0.264. The number of azo groups is 1. The fourth-order valence-electron chi connectivity index (χ4n) is 7.25. The number of benzene rings is 3. The lowest BCUT2D eigenvalue weighted by Crippen LogP contribution is -2.48. The molecule has 3 aromatic carbocycles. The first-order valence-corrected chi connectivity index (χ1v) is 19.0. The molecule has 0 fully saturated rings. The molecule has 0 spiro atoms. The molecule has 0 radical (unpaired) electrons. The number of nitrogens with zero attached hydrogens (tertiary/aromatic N) is 2. The van der Waals surface area contributed by atoms with Crippen LogP contribution in [0.3, 0.4) is 0 Å². The molecular weight excluding hydrogens is 547 g/mol. The Balaban J connectivity index is 2.18. The highest BCUT2D eigenvalue weighted by Crippen LogP contribution is 2.71. The van der Waals surface area contributed by atoms with E-state index in [9.17, 15) is 0 Å². The van der Waals surface area contributed by atoms with E-state index in [1.54, 1.807) is 0 Å². The van der Waals surface area contributed by atoms with E-state index < -0.39 is 21.5 Å². The highest BCUT2D eigenvalue weighted by Gasteiger charge is 2.54.